The van der Waals surface area contributed by atoms with Gasteiger partial charge in [-0.3, -0.25) is 4.79 Å². The van der Waals surface area contributed by atoms with Gasteiger partial charge in [-0.25, -0.2) is 4.79 Å². The van der Waals surface area contributed by atoms with E-state index in [-0.39, 0.29) is 12.1 Å². The summed E-state index contributed by atoms with van der Waals surface area (Å²) in [5, 5.41) is 16.2. The minimum atomic E-state index is -5.08. The molecule has 1 spiro atoms. The Bertz CT molecular complexity index is 659. The van der Waals surface area contributed by atoms with E-state index in [4.69, 9.17) is 15.0 Å². The third kappa shape index (κ3) is 5.68. The minimum absolute atomic E-state index is 0.0544. The van der Waals surface area contributed by atoms with Gasteiger partial charge < -0.3 is 20.0 Å². The first-order valence-corrected chi connectivity index (χ1v) is 9.16. The number of benzene rings is 1. The van der Waals surface area contributed by atoms with Crippen LogP contribution in [-0.4, -0.2) is 69.8 Å². The molecule has 0 saturated carbocycles. The first kappa shape index (κ1) is 22.2. The van der Waals surface area contributed by atoms with E-state index < -0.39 is 12.1 Å². The average Bonchev–Trinajstić information content (AvgIpc) is 2.94. The molecule has 1 aromatic carbocycles. The van der Waals surface area contributed by atoms with Crippen molar-refractivity contribution in [1.29, 1.82) is 0 Å². The minimum Gasteiger partial charge on any atom is -0.475 e. The predicted octanol–water partition coefficient (Wildman–Crippen LogP) is 2.27. The summed E-state index contributed by atoms with van der Waals surface area (Å²) < 4.78 is 31.7. The van der Waals surface area contributed by atoms with Crippen LogP contribution in [0.2, 0.25) is 0 Å². The van der Waals surface area contributed by atoms with Crippen molar-refractivity contribution in [1.82, 2.24) is 9.80 Å². The monoisotopic (exact) mass is 402 g/mol. The van der Waals surface area contributed by atoms with Gasteiger partial charge in [-0.05, 0) is 24.8 Å². The fraction of sp³-hybridized carbons (Fsp3) is 0.579. The van der Waals surface area contributed by atoms with Gasteiger partial charge in [0.05, 0.1) is 6.61 Å². The molecule has 0 atom stereocenters. The van der Waals surface area contributed by atoms with Crippen LogP contribution in [0.4, 0.5) is 13.2 Å². The number of hydrogen-bond donors (Lipinski definition) is 2. The molecule has 0 aromatic heterocycles. The number of piperidine rings is 1. The highest BCUT2D eigenvalue weighted by atomic mass is 19.4. The molecule has 0 radical (unpaired) electrons. The van der Waals surface area contributed by atoms with Gasteiger partial charge >= 0.3 is 12.1 Å². The number of alkyl halides is 3. The number of nitrogens with zero attached hydrogens (tertiary/aromatic N) is 2. The molecule has 156 valence electrons. The van der Waals surface area contributed by atoms with Gasteiger partial charge in [-0.1, -0.05) is 30.3 Å². The largest absolute Gasteiger partial charge is 0.490 e. The molecule has 3 rings (SSSR count). The third-order valence-corrected chi connectivity index (χ3v) is 5.31. The van der Waals surface area contributed by atoms with Crippen LogP contribution >= 0.6 is 0 Å². The van der Waals surface area contributed by atoms with E-state index >= 15 is 0 Å². The summed E-state index contributed by atoms with van der Waals surface area (Å²) >= 11 is 0. The van der Waals surface area contributed by atoms with Crippen molar-refractivity contribution in [2.75, 3.05) is 26.2 Å². The standard InChI is InChI=1S/C17H24N2O2.C2HF3O2/c20-13-12-18-10-8-17(9-11-18)7-6-16(21)19(17)14-15-4-2-1-3-5-15;3-2(4,5)1(6)7/h1-5,20H,6-14H2;(H,6,7). The second kappa shape index (κ2) is 9.38. The number of aliphatic hydroxyl groups excluding tert-OH is 1. The Morgan fingerprint density at radius 1 is 1.11 bits per heavy atom. The third-order valence-electron chi connectivity index (χ3n) is 5.31. The normalized spacial score (nSPS) is 19.4. The number of halogens is 3. The number of carbonyl (C=O) groups excluding carboxylic acids is 1. The summed E-state index contributed by atoms with van der Waals surface area (Å²) in [6, 6.07) is 10.3. The molecule has 9 heteroatoms. The molecular weight excluding hydrogens is 377 g/mol. The average molecular weight is 402 g/mol. The van der Waals surface area contributed by atoms with Crippen LogP contribution in [0.1, 0.15) is 31.2 Å². The first-order chi connectivity index (χ1) is 13.2. The molecule has 6 nitrogen and oxygen atoms in total. The maximum absolute atomic E-state index is 12.3. The molecule has 2 saturated heterocycles. The molecule has 1 amide bonds. The van der Waals surface area contributed by atoms with E-state index in [0.717, 1.165) is 45.4 Å². The van der Waals surface area contributed by atoms with E-state index in [9.17, 15) is 18.0 Å². The zero-order valence-electron chi connectivity index (χ0n) is 15.5. The molecule has 28 heavy (non-hydrogen) atoms. The molecule has 2 fully saturated rings. The highest BCUT2D eigenvalue weighted by Gasteiger charge is 2.46. The number of carboxylic acids is 1. The number of hydrogen-bond acceptors (Lipinski definition) is 4. The summed E-state index contributed by atoms with van der Waals surface area (Å²) in [6.07, 6.45) is -1.34. The number of amides is 1. The van der Waals surface area contributed by atoms with E-state index in [0.29, 0.717) is 12.3 Å². The van der Waals surface area contributed by atoms with Crippen molar-refractivity contribution in [2.24, 2.45) is 0 Å². The highest BCUT2D eigenvalue weighted by molar-refractivity contribution is 5.79. The van der Waals surface area contributed by atoms with Crippen LogP contribution in [-0.2, 0) is 16.1 Å². The van der Waals surface area contributed by atoms with Crippen LogP contribution in [0.15, 0.2) is 30.3 Å². The number of aliphatic carboxylic acids is 1. The molecule has 0 aliphatic carbocycles. The van der Waals surface area contributed by atoms with Crippen LogP contribution < -0.4 is 0 Å². The zero-order chi connectivity index (χ0) is 20.8. The van der Waals surface area contributed by atoms with E-state index in [1.807, 2.05) is 18.2 Å². The predicted molar refractivity (Wildman–Crippen MR) is 95.4 cm³/mol. The molecule has 2 N–H and O–H groups in total. The molecule has 0 bridgehead atoms. The lowest BCUT2D eigenvalue weighted by Crippen LogP contribution is -2.53. The van der Waals surface area contributed by atoms with E-state index in [1.165, 1.54) is 5.56 Å². The van der Waals surface area contributed by atoms with E-state index in [2.05, 4.69) is 21.9 Å². The number of carbonyl (C=O) groups is 2. The lowest BCUT2D eigenvalue weighted by Gasteiger charge is -2.45. The van der Waals surface area contributed by atoms with Gasteiger partial charge in [0.25, 0.3) is 0 Å². The van der Waals surface area contributed by atoms with Crippen molar-refractivity contribution in [2.45, 2.75) is 43.9 Å². The zero-order valence-corrected chi connectivity index (χ0v) is 15.5. The number of likely N-dealkylation sites (tertiary alicyclic amines) is 2. The summed E-state index contributed by atoms with van der Waals surface area (Å²) in [5.41, 5.74) is 1.27. The Labute approximate surface area is 161 Å². The maximum atomic E-state index is 12.3. The van der Waals surface area contributed by atoms with Crippen molar-refractivity contribution < 1.29 is 33.0 Å². The second-order valence-corrected chi connectivity index (χ2v) is 7.06. The van der Waals surface area contributed by atoms with Crippen molar-refractivity contribution >= 4 is 11.9 Å². The molecule has 2 heterocycles. The van der Waals surface area contributed by atoms with Gasteiger partial charge in [-0.2, -0.15) is 13.2 Å². The number of rotatable bonds is 4. The topological polar surface area (TPSA) is 81.1 Å². The summed E-state index contributed by atoms with van der Waals surface area (Å²) in [7, 11) is 0. The van der Waals surface area contributed by atoms with Gasteiger partial charge in [-0.15, -0.1) is 0 Å². The van der Waals surface area contributed by atoms with Crippen LogP contribution in [0.25, 0.3) is 0 Å². The van der Waals surface area contributed by atoms with Crippen molar-refractivity contribution in [3.63, 3.8) is 0 Å². The smallest absolute Gasteiger partial charge is 0.475 e. The fourth-order valence-corrected chi connectivity index (χ4v) is 3.75. The van der Waals surface area contributed by atoms with Crippen molar-refractivity contribution in [3.05, 3.63) is 35.9 Å². The molecular formula is C19H25F3N2O4. The first-order valence-electron chi connectivity index (χ1n) is 9.16. The Kier molecular flexibility index (Phi) is 7.42. The molecule has 0 unspecified atom stereocenters. The Balaban J connectivity index is 0.000000345. The van der Waals surface area contributed by atoms with Crippen molar-refractivity contribution in [3.8, 4) is 0 Å². The summed E-state index contributed by atoms with van der Waals surface area (Å²) in [6.45, 7) is 3.68. The van der Waals surface area contributed by atoms with E-state index in [1.54, 1.807) is 0 Å². The van der Waals surface area contributed by atoms with Gasteiger partial charge in [0.2, 0.25) is 5.91 Å². The summed E-state index contributed by atoms with van der Waals surface area (Å²) in [5.74, 6) is -2.46. The van der Waals surface area contributed by atoms with Crippen LogP contribution in [0, 0.1) is 0 Å². The Morgan fingerprint density at radius 2 is 1.68 bits per heavy atom. The number of β-amino-alcohol motifs (C(OH)–C–C–N with tert-alkyl or cyclic N) is 1. The maximum Gasteiger partial charge on any atom is 0.490 e. The molecule has 2 aliphatic rings. The molecule has 1 aromatic rings. The quantitative estimate of drug-likeness (QED) is 0.808. The molecule has 2 aliphatic heterocycles. The second-order valence-electron chi connectivity index (χ2n) is 7.06. The van der Waals surface area contributed by atoms with Crippen LogP contribution in [0.3, 0.4) is 0 Å². The SMILES string of the molecule is O=C(O)C(F)(F)F.O=C1CCC2(CCN(CCO)CC2)N1Cc1ccccc1. The fourth-order valence-electron chi connectivity index (χ4n) is 3.75. The van der Waals surface area contributed by atoms with Crippen LogP contribution in [0.5, 0.6) is 0 Å². The highest BCUT2D eigenvalue weighted by Crippen LogP contribution is 2.40. The lowest BCUT2D eigenvalue weighted by molar-refractivity contribution is -0.192. The van der Waals surface area contributed by atoms with Gasteiger partial charge in [0.15, 0.2) is 0 Å². The van der Waals surface area contributed by atoms with Gasteiger partial charge in [0, 0.05) is 38.1 Å². The number of aliphatic hydroxyl groups is 1. The van der Waals surface area contributed by atoms with Gasteiger partial charge in [0.1, 0.15) is 0 Å². The lowest BCUT2D eigenvalue weighted by atomic mass is 9.84. The summed E-state index contributed by atoms with van der Waals surface area (Å²) in [4.78, 5) is 25.7. The number of carboxylic acid groups (broad SMARTS) is 1. The Hall–Kier alpha value is -2.13. The Morgan fingerprint density at radius 3 is 2.18 bits per heavy atom.